The number of carboxylic acid groups (broad SMARTS) is 2. The van der Waals surface area contributed by atoms with Crippen LogP contribution >= 0.6 is 0 Å². The maximum Gasteiger partial charge on any atom is 0.317 e. The van der Waals surface area contributed by atoms with Crippen molar-refractivity contribution in [2.45, 2.75) is 13.0 Å². The molecule has 0 aliphatic heterocycles. The van der Waals surface area contributed by atoms with Crippen LogP contribution < -0.4 is 5.56 Å². The van der Waals surface area contributed by atoms with Crippen LogP contribution in [-0.4, -0.2) is 37.1 Å². The average molecular weight is 277 g/mol. The minimum Gasteiger partial charge on any atom is -0.481 e. The Morgan fingerprint density at radius 1 is 1.20 bits per heavy atom. The van der Waals surface area contributed by atoms with Gasteiger partial charge in [-0.25, -0.2) is 4.68 Å². The Morgan fingerprint density at radius 3 is 2.50 bits per heavy atom. The second-order valence-electron chi connectivity index (χ2n) is 4.15. The van der Waals surface area contributed by atoms with E-state index in [0.29, 0.717) is 10.9 Å². The number of aryl methyl sites for hydroxylation is 1. The van der Waals surface area contributed by atoms with E-state index in [-0.39, 0.29) is 13.0 Å². The fourth-order valence-corrected chi connectivity index (χ4v) is 1.85. The summed E-state index contributed by atoms with van der Waals surface area (Å²) in [6.07, 6.45) is -0.147. The van der Waals surface area contributed by atoms with Crippen molar-refractivity contribution in [3.63, 3.8) is 0 Å². The molecular formula is C12H11N3O5. The number of benzene rings is 1. The maximum atomic E-state index is 11.5. The number of hydrogen-bond donors (Lipinski definition) is 2. The van der Waals surface area contributed by atoms with Crippen molar-refractivity contribution in [3.8, 4) is 0 Å². The largest absolute Gasteiger partial charge is 0.481 e. The van der Waals surface area contributed by atoms with Gasteiger partial charge in [0.2, 0.25) is 0 Å². The first-order valence-electron chi connectivity index (χ1n) is 5.79. The predicted octanol–water partition coefficient (Wildman–Crippen LogP) is -0.0330. The van der Waals surface area contributed by atoms with Crippen molar-refractivity contribution >= 4 is 22.8 Å². The lowest BCUT2D eigenvalue weighted by Crippen LogP contribution is -2.26. The van der Waals surface area contributed by atoms with Gasteiger partial charge in [0.1, 0.15) is 0 Å². The first-order valence-corrected chi connectivity index (χ1v) is 5.79. The Labute approximate surface area is 112 Å². The van der Waals surface area contributed by atoms with E-state index in [4.69, 9.17) is 10.2 Å². The van der Waals surface area contributed by atoms with Crippen LogP contribution in [0.5, 0.6) is 0 Å². The summed E-state index contributed by atoms with van der Waals surface area (Å²) < 4.78 is 1.33. The van der Waals surface area contributed by atoms with Gasteiger partial charge in [0.05, 0.1) is 10.9 Å². The Morgan fingerprint density at radius 2 is 1.85 bits per heavy atom. The molecule has 0 bridgehead atoms. The first-order chi connectivity index (χ1) is 9.50. The van der Waals surface area contributed by atoms with Crippen LogP contribution in [0.3, 0.4) is 0 Å². The first kappa shape index (κ1) is 13.7. The summed E-state index contributed by atoms with van der Waals surface area (Å²) in [5.74, 6) is -4.33. The molecule has 2 N–H and O–H groups in total. The Hall–Kier alpha value is -2.77. The fourth-order valence-electron chi connectivity index (χ4n) is 1.85. The van der Waals surface area contributed by atoms with E-state index in [0.717, 1.165) is 0 Å². The number of hydrogen-bond acceptors (Lipinski definition) is 5. The van der Waals surface area contributed by atoms with Gasteiger partial charge in [-0.2, -0.15) is 0 Å². The normalized spacial score (nSPS) is 10.8. The maximum absolute atomic E-state index is 11.5. The lowest BCUT2D eigenvalue weighted by atomic mass is 10.1. The molecule has 2 aromatic rings. The highest BCUT2D eigenvalue weighted by atomic mass is 16.4. The highest BCUT2D eigenvalue weighted by Crippen LogP contribution is 2.11. The number of aliphatic carboxylic acids is 2. The molecule has 0 aliphatic carbocycles. The van der Waals surface area contributed by atoms with Gasteiger partial charge >= 0.3 is 11.9 Å². The van der Waals surface area contributed by atoms with Crippen LogP contribution in [0, 0.1) is 5.92 Å². The van der Waals surface area contributed by atoms with Crippen molar-refractivity contribution in [2.24, 2.45) is 5.92 Å². The summed E-state index contributed by atoms with van der Waals surface area (Å²) in [4.78, 5) is 33.1. The van der Waals surface area contributed by atoms with E-state index in [1.165, 1.54) is 4.68 Å². The van der Waals surface area contributed by atoms with Gasteiger partial charge in [0.25, 0.3) is 5.56 Å². The van der Waals surface area contributed by atoms with Crippen molar-refractivity contribution in [1.29, 1.82) is 0 Å². The molecule has 0 spiro atoms. The number of para-hydroxylation sites is 1. The van der Waals surface area contributed by atoms with E-state index in [9.17, 15) is 14.4 Å². The number of carboxylic acids is 2. The Bertz CT molecular complexity index is 710. The lowest BCUT2D eigenvalue weighted by Gasteiger charge is -2.10. The van der Waals surface area contributed by atoms with Crippen molar-refractivity contribution in [2.75, 3.05) is 0 Å². The van der Waals surface area contributed by atoms with Crippen molar-refractivity contribution < 1.29 is 19.8 Å². The second-order valence-corrected chi connectivity index (χ2v) is 4.15. The molecule has 8 nitrogen and oxygen atoms in total. The smallest absolute Gasteiger partial charge is 0.317 e. The summed E-state index contributed by atoms with van der Waals surface area (Å²) in [7, 11) is 0. The van der Waals surface area contributed by atoms with Crippen LogP contribution in [0.4, 0.5) is 0 Å². The van der Waals surface area contributed by atoms with E-state index >= 15 is 0 Å². The topological polar surface area (TPSA) is 122 Å². The van der Waals surface area contributed by atoms with E-state index in [1.807, 2.05) is 0 Å². The zero-order valence-corrected chi connectivity index (χ0v) is 10.3. The van der Waals surface area contributed by atoms with Crippen molar-refractivity contribution in [1.82, 2.24) is 15.0 Å². The van der Waals surface area contributed by atoms with Gasteiger partial charge < -0.3 is 10.2 Å². The summed E-state index contributed by atoms with van der Waals surface area (Å²) in [6.45, 7) is 0.0388. The molecule has 0 atom stereocenters. The summed E-state index contributed by atoms with van der Waals surface area (Å²) >= 11 is 0. The van der Waals surface area contributed by atoms with Gasteiger partial charge in [-0.05, 0) is 18.6 Å². The van der Waals surface area contributed by atoms with Gasteiger partial charge in [-0.15, -0.1) is 0 Å². The summed E-state index contributed by atoms with van der Waals surface area (Å²) in [5, 5.41) is 25.1. The van der Waals surface area contributed by atoms with Crippen LogP contribution in [0.15, 0.2) is 29.1 Å². The molecule has 0 fully saturated rings. The van der Waals surface area contributed by atoms with Crippen LogP contribution in [0.25, 0.3) is 10.9 Å². The molecule has 0 unspecified atom stereocenters. The highest BCUT2D eigenvalue weighted by molar-refractivity contribution is 5.92. The van der Waals surface area contributed by atoms with Crippen molar-refractivity contribution in [3.05, 3.63) is 34.6 Å². The third-order valence-corrected chi connectivity index (χ3v) is 2.88. The number of aromatic nitrogens is 3. The Balaban J connectivity index is 2.31. The van der Waals surface area contributed by atoms with Gasteiger partial charge in [0.15, 0.2) is 5.92 Å². The average Bonchev–Trinajstić information content (AvgIpc) is 2.41. The quantitative estimate of drug-likeness (QED) is 0.735. The van der Waals surface area contributed by atoms with E-state index in [2.05, 4.69) is 10.3 Å². The standard InChI is InChI=1S/C12H11N3O5/c16-10-7-3-1-2-4-9(7)15(14-13-10)6-5-8(11(17)18)12(19)20/h1-4,8H,5-6H2,(H,17,18)(H,19,20). The number of carbonyl (C=O) groups is 2. The minimum absolute atomic E-state index is 0.0388. The van der Waals surface area contributed by atoms with Crippen LogP contribution in [0.2, 0.25) is 0 Å². The minimum atomic E-state index is -1.52. The molecule has 2 rings (SSSR count). The number of rotatable bonds is 5. The molecule has 1 heterocycles. The molecule has 0 saturated carbocycles. The molecule has 0 amide bonds. The van der Waals surface area contributed by atoms with Gasteiger partial charge in [-0.1, -0.05) is 22.4 Å². The van der Waals surface area contributed by atoms with E-state index in [1.54, 1.807) is 24.3 Å². The fraction of sp³-hybridized carbons (Fsp3) is 0.250. The molecule has 8 heteroatoms. The predicted molar refractivity (Wildman–Crippen MR) is 67.2 cm³/mol. The summed E-state index contributed by atoms with van der Waals surface area (Å²) in [6, 6.07) is 6.59. The monoisotopic (exact) mass is 277 g/mol. The molecule has 0 saturated heterocycles. The molecule has 1 aromatic heterocycles. The highest BCUT2D eigenvalue weighted by Gasteiger charge is 2.25. The number of fused-ring (bicyclic) bond motifs is 1. The van der Waals surface area contributed by atoms with Crippen LogP contribution in [0.1, 0.15) is 6.42 Å². The zero-order valence-electron chi connectivity index (χ0n) is 10.3. The van der Waals surface area contributed by atoms with Gasteiger partial charge in [-0.3, -0.25) is 14.4 Å². The third-order valence-electron chi connectivity index (χ3n) is 2.88. The van der Waals surface area contributed by atoms with E-state index < -0.39 is 23.4 Å². The molecule has 20 heavy (non-hydrogen) atoms. The second kappa shape index (κ2) is 5.47. The Kier molecular flexibility index (Phi) is 3.74. The zero-order chi connectivity index (χ0) is 14.7. The number of nitrogens with zero attached hydrogens (tertiary/aromatic N) is 3. The SMILES string of the molecule is O=C(O)C(CCn1nnc(=O)c2ccccc21)C(=O)O. The third kappa shape index (κ3) is 2.63. The molecular weight excluding hydrogens is 266 g/mol. The lowest BCUT2D eigenvalue weighted by molar-refractivity contribution is -0.154. The molecule has 1 aromatic carbocycles. The van der Waals surface area contributed by atoms with Gasteiger partial charge in [0, 0.05) is 6.54 Å². The molecule has 0 radical (unpaired) electrons. The molecule has 104 valence electrons. The molecule has 0 aliphatic rings. The summed E-state index contributed by atoms with van der Waals surface area (Å²) in [5.41, 5.74) is 0.00639. The van der Waals surface area contributed by atoms with Crippen LogP contribution in [-0.2, 0) is 16.1 Å².